The van der Waals surface area contributed by atoms with E-state index in [4.69, 9.17) is 5.73 Å². The molecular formula is C15H22N4O. The topological polar surface area (TPSA) is 71.2 Å². The Balaban J connectivity index is 1.86. The number of carbonyl (C=O) groups is 1. The number of nitrogens with zero attached hydrogens (tertiary/aromatic N) is 2. The van der Waals surface area contributed by atoms with Gasteiger partial charge in [0.25, 0.3) is 0 Å². The number of aromatic nitrogens is 1. The Morgan fingerprint density at radius 2 is 2.30 bits per heavy atom. The van der Waals surface area contributed by atoms with Crippen molar-refractivity contribution < 1.29 is 4.79 Å². The number of nitrogens with two attached hydrogens (primary N) is 1. The molecule has 2 atom stereocenters. The van der Waals surface area contributed by atoms with Crippen LogP contribution in [0.25, 0.3) is 0 Å². The van der Waals surface area contributed by atoms with Gasteiger partial charge in [0.15, 0.2) is 0 Å². The summed E-state index contributed by atoms with van der Waals surface area (Å²) in [4.78, 5) is 18.2. The first-order chi connectivity index (χ1) is 9.56. The van der Waals surface area contributed by atoms with Crippen molar-refractivity contribution in [3.8, 4) is 0 Å². The number of anilines is 1. The summed E-state index contributed by atoms with van der Waals surface area (Å²) in [5, 5.41) is 2.96. The zero-order chi connectivity index (χ0) is 14.5. The van der Waals surface area contributed by atoms with E-state index in [9.17, 15) is 4.79 Å². The molecule has 1 aliphatic rings. The van der Waals surface area contributed by atoms with E-state index in [1.54, 1.807) is 6.20 Å². The highest BCUT2D eigenvalue weighted by Crippen LogP contribution is 2.20. The van der Waals surface area contributed by atoms with Crippen LogP contribution in [0.5, 0.6) is 0 Å². The van der Waals surface area contributed by atoms with Crippen LogP contribution in [0.3, 0.4) is 0 Å². The highest BCUT2D eigenvalue weighted by Gasteiger charge is 2.18. The van der Waals surface area contributed by atoms with Crippen LogP contribution in [-0.4, -0.2) is 31.0 Å². The normalized spacial score (nSPS) is 20.9. The van der Waals surface area contributed by atoms with Gasteiger partial charge in [-0.25, -0.2) is 4.98 Å². The summed E-state index contributed by atoms with van der Waals surface area (Å²) in [6.45, 7) is 0.503. The maximum Gasteiger partial charge on any atom is 0.220 e. The standard InChI is InChI=1S/C15H22N4O/c1-19(2)15-12(4-3-7-17-15)10-18-14(20)9-11-5-6-13(16)8-11/h3-7,11,13H,8-10,16H2,1-2H3,(H,18,20)/t11-,13+/m1/s1. The van der Waals surface area contributed by atoms with Crippen molar-refractivity contribution in [3.63, 3.8) is 0 Å². The van der Waals surface area contributed by atoms with Gasteiger partial charge < -0.3 is 16.0 Å². The van der Waals surface area contributed by atoms with Crippen LogP contribution in [-0.2, 0) is 11.3 Å². The van der Waals surface area contributed by atoms with Gasteiger partial charge in [0.2, 0.25) is 5.91 Å². The van der Waals surface area contributed by atoms with Gasteiger partial charge in [0, 0.05) is 44.9 Å². The fourth-order valence-corrected chi connectivity index (χ4v) is 2.43. The summed E-state index contributed by atoms with van der Waals surface area (Å²) in [6.07, 6.45) is 7.14. The molecule has 0 bridgehead atoms. The number of nitrogens with one attached hydrogen (secondary N) is 1. The summed E-state index contributed by atoms with van der Waals surface area (Å²) in [6, 6.07) is 3.97. The minimum Gasteiger partial charge on any atom is -0.362 e. The van der Waals surface area contributed by atoms with Gasteiger partial charge >= 0.3 is 0 Å². The van der Waals surface area contributed by atoms with Gasteiger partial charge in [-0.1, -0.05) is 18.2 Å². The highest BCUT2D eigenvalue weighted by atomic mass is 16.1. The Bertz CT molecular complexity index is 498. The smallest absolute Gasteiger partial charge is 0.220 e. The van der Waals surface area contributed by atoms with Crippen molar-refractivity contribution in [2.75, 3.05) is 19.0 Å². The number of carbonyl (C=O) groups excluding carboxylic acids is 1. The maximum absolute atomic E-state index is 11.9. The number of rotatable bonds is 5. The predicted molar refractivity (Wildman–Crippen MR) is 80.3 cm³/mol. The second-order valence-electron chi connectivity index (χ2n) is 5.41. The molecule has 3 N–H and O–H groups in total. The van der Waals surface area contributed by atoms with Crippen molar-refractivity contribution in [3.05, 3.63) is 36.0 Å². The van der Waals surface area contributed by atoms with E-state index >= 15 is 0 Å². The van der Waals surface area contributed by atoms with E-state index in [1.807, 2.05) is 43.3 Å². The molecule has 1 aromatic heterocycles. The molecule has 0 aromatic carbocycles. The number of pyridine rings is 1. The predicted octanol–water partition coefficient (Wildman–Crippen LogP) is 1.06. The molecule has 108 valence electrons. The lowest BCUT2D eigenvalue weighted by Crippen LogP contribution is -2.26. The van der Waals surface area contributed by atoms with Gasteiger partial charge in [-0.15, -0.1) is 0 Å². The molecule has 0 radical (unpaired) electrons. The maximum atomic E-state index is 11.9. The summed E-state index contributed by atoms with van der Waals surface area (Å²) >= 11 is 0. The Morgan fingerprint density at radius 3 is 2.95 bits per heavy atom. The lowest BCUT2D eigenvalue weighted by molar-refractivity contribution is -0.121. The van der Waals surface area contributed by atoms with Gasteiger partial charge in [0.05, 0.1) is 0 Å². The summed E-state index contributed by atoms with van der Waals surface area (Å²) < 4.78 is 0. The Kier molecular flexibility index (Phi) is 4.74. The minimum absolute atomic E-state index is 0.0577. The van der Waals surface area contributed by atoms with Crippen molar-refractivity contribution >= 4 is 11.7 Å². The Hall–Kier alpha value is -1.88. The second-order valence-corrected chi connectivity index (χ2v) is 5.41. The average Bonchev–Trinajstić information content (AvgIpc) is 2.82. The van der Waals surface area contributed by atoms with E-state index in [1.165, 1.54) is 0 Å². The zero-order valence-corrected chi connectivity index (χ0v) is 12.0. The van der Waals surface area contributed by atoms with E-state index in [0.29, 0.717) is 13.0 Å². The lowest BCUT2D eigenvalue weighted by Gasteiger charge is -2.16. The molecule has 1 heterocycles. The Morgan fingerprint density at radius 1 is 1.50 bits per heavy atom. The summed E-state index contributed by atoms with van der Waals surface area (Å²) in [5.41, 5.74) is 6.80. The van der Waals surface area contributed by atoms with Crippen LogP contribution in [0.4, 0.5) is 5.82 Å². The third-order valence-corrected chi connectivity index (χ3v) is 3.42. The van der Waals surface area contributed by atoms with Crippen LogP contribution in [0.15, 0.2) is 30.5 Å². The summed E-state index contributed by atoms with van der Waals surface area (Å²) in [7, 11) is 3.89. The molecule has 1 amide bonds. The van der Waals surface area contributed by atoms with Crippen molar-refractivity contribution in [1.29, 1.82) is 0 Å². The molecule has 0 saturated heterocycles. The number of allylic oxidation sites excluding steroid dienone is 1. The molecule has 0 unspecified atom stereocenters. The van der Waals surface area contributed by atoms with E-state index < -0.39 is 0 Å². The number of hydrogen-bond acceptors (Lipinski definition) is 4. The van der Waals surface area contributed by atoms with Crippen LogP contribution in [0, 0.1) is 5.92 Å². The van der Waals surface area contributed by atoms with Crippen molar-refractivity contribution in [2.24, 2.45) is 11.7 Å². The Labute approximate surface area is 119 Å². The molecule has 0 spiro atoms. The summed E-state index contributed by atoms with van der Waals surface area (Å²) in [5.74, 6) is 1.21. The molecule has 0 fully saturated rings. The van der Waals surface area contributed by atoms with Gasteiger partial charge in [-0.2, -0.15) is 0 Å². The van der Waals surface area contributed by atoms with Gasteiger partial charge in [0.1, 0.15) is 5.82 Å². The highest BCUT2D eigenvalue weighted by molar-refractivity contribution is 5.76. The third-order valence-electron chi connectivity index (χ3n) is 3.42. The van der Waals surface area contributed by atoms with Crippen molar-refractivity contribution in [2.45, 2.75) is 25.4 Å². The molecule has 0 saturated carbocycles. The third kappa shape index (κ3) is 3.81. The average molecular weight is 274 g/mol. The van der Waals surface area contributed by atoms with Crippen LogP contribution >= 0.6 is 0 Å². The first-order valence-corrected chi connectivity index (χ1v) is 6.88. The monoisotopic (exact) mass is 274 g/mol. The number of hydrogen-bond donors (Lipinski definition) is 2. The SMILES string of the molecule is CN(C)c1ncccc1CNC(=O)C[C@@H]1C=C[C@H](N)C1. The minimum atomic E-state index is 0.0577. The fraction of sp³-hybridized carbons (Fsp3) is 0.467. The van der Waals surface area contributed by atoms with E-state index in [0.717, 1.165) is 17.8 Å². The molecule has 5 heteroatoms. The van der Waals surface area contributed by atoms with Crippen LogP contribution in [0.2, 0.25) is 0 Å². The fourth-order valence-electron chi connectivity index (χ4n) is 2.43. The van der Waals surface area contributed by atoms with Crippen LogP contribution in [0.1, 0.15) is 18.4 Å². The van der Waals surface area contributed by atoms with Gasteiger partial charge in [-0.3, -0.25) is 4.79 Å². The molecule has 1 aromatic rings. The van der Waals surface area contributed by atoms with Crippen molar-refractivity contribution in [1.82, 2.24) is 10.3 Å². The quantitative estimate of drug-likeness (QED) is 0.788. The molecular weight excluding hydrogens is 252 g/mol. The van der Waals surface area contributed by atoms with E-state index in [2.05, 4.69) is 10.3 Å². The molecule has 20 heavy (non-hydrogen) atoms. The van der Waals surface area contributed by atoms with Crippen LogP contribution < -0.4 is 16.0 Å². The molecule has 1 aliphatic carbocycles. The number of amides is 1. The second kappa shape index (κ2) is 6.52. The largest absolute Gasteiger partial charge is 0.362 e. The molecule has 0 aliphatic heterocycles. The zero-order valence-electron chi connectivity index (χ0n) is 12.0. The molecule has 2 rings (SSSR count). The first kappa shape index (κ1) is 14.5. The van der Waals surface area contributed by atoms with E-state index in [-0.39, 0.29) is 17.9 Å². The van der Waals surface area contributed by atoms with Gasteiger partial charge in [-0.05, 0) is 18.4 Å². The lowest BCUT2D eigenvalue weighted by atomic mass is 10.0. The molecule has 5 nitrogen and oxygen atoms in total. The first-order valence-electron chi connectivity index (χ1n) is 6.88.